The largest absolute Gasteiger partial charge is 0.494 e. The number of rotatable bonds is 10. The van der Waals surface area contributed by atoms with Gasteiger partial charge in [0.1, 0.15) is 18.1 Å². The van der Waals surface area contributed by atoms with Gasteiger partial charge in [-0.15, -0.1) is 0 Å². The van der Waals surface area contributed by atoms with Crippen LogP contribution in [0.5, 0.6) is 5.75 Å². The maximum atomic E-state index is 12.9. The second-order valence-electron chi connectivity index (χ2n) is 6.54. The lowest BCUT2D eigenvalue weighted by atomic mass is 10.2. The van der Waals surface area contributed by atoms with Crippen molar-refractivity contribution in [1.29, 1.82) is 0 Å². The highest BCUT2D eigenvalue weighted by Crippen LogP contribution is 2.13. The average molecular weight is 416 g/mol. The van der Waals surface area contributed by atoms with E-state index in [0.717, 1.165) is 12.8 Å². The molecule has 0 radical (unpaired) electrons. The molecule has 2 amide bonds. The van der Waals surface area contributed by atoms with Crippen LogP contribution in [0.25, 0.3) is 0 Å². The van der Waals surface area contributed by atoms with Gasteiger partial charge in [0, 0.05) is 11.3 Å². The van der Waals surface area contributed by atoms with E-state index < -0.39 is 29.7 Å². The number of carbonyl (C=O) groups excluding carboxylic acids is 3. The van der Waals surface area contributed by atoms with Crippen LogP contribution in [0.2, 0.25) is 0 Å². The standard InChI is InChI=1S/C22H25FN2O5/c1-3-4-13-29-19-11-5-16(6-12-19)22(28)24-14-20(26)30-15(2)21(27)25-18-9-7-17(23)8-10-18/h5-12,15H,3-4,13-14H2,1-2H3,(H,24,28)(H,25,27)/t15-/m1/s1. The van der Waals surface area contributed by atoms with Crippen molar-refractivity contribution in [3.63, 3.8) is 0 Å². The first-order chi connectivity index (χ1) is 14.4. The minimum atomic E-state index is -1.08. The molecule has 0 aliphatic rings. The Morgan fingerprint density at radius 2 is 1.70 bits per heavy atom. The zero-order chi connectivity index (χ0) is 21.9. The zero-order valence-corrected chi connectivity index (χ0v) is 16.9. The lowest BCUT2D eigenvalue weighted by molar-refractivity contribution is -0.152. The van der Waals surface area contributed by atoms with E-state index in [1.54, 1.807) is 24.3 Å². The molecule has 0 spiro atoms. The Labute approximate surface area is 174 Å². The van der Waals surface area contributed by atoms with Crippen LogP contribution in [0, 0.1) is 5.82 Å². The fourth-order valence-electron chi connectivity index (χ4n) is 2.36. The summed E-state index contributed by atoms with van der Waals surface area (Å²) in [7, 11) is 0. The summed E-state index contributed by atoms with van der Waals surface area (Å²) in [5.41, 5.74) is 0.743. The lowest BCUT2D eigenvalue weighted by Crippen LogP contribution is -2.35. The maximum absolute atomic E-state index is 12.9. The third-order valence-electron chi connectivity index (χ3n) is 4.07. The van der Waals surface area contributed by atoms with Crippen LogP contribution in [0.1, 0.15) is 37.0 Å². The number of benzene rings is 2. The van der Waals surface area contributed by atoms with Crippen molar-refractivity contribution in [2.45, 2.75) is 32.8 Å². The van der Waals surface area contributed by atoms with Gasteiger partial charge >= 0.3 is 5.97 Å². The molecule has 2 aromatic rings. The highest BCUT2D eigenvalue weighted by atomic mass is 19.1. The number of anilines is 1. The lowest BCUT2D eigenvalue weighted by Gasteiger charge is -2.14. The number of halogens is 1. The highest BCUT2D eigenvalue weighted by molar-refractivity contribution is 5.97. The van der Waals surface area contributed by atoms with Crippen LogP contribution < -0.4 is 15.4 Å². The monoisotopic (exact) mass is 416 g/mol. The molecule has 7 nitrogen and oxygen atoms in total. The van der Waals surface area contributed by atoms with Crippen LogP contribution in [0.4, 0.5) is 10.1 Å². The van der Waals surface area contributed by atoms with Gasteiger partial charge in [0.05, 0.1) is 6.61 Å². The van der Waals surface area contributed by atoms with Gasteiger partial charge in [-0.05, 0) is 61.9 Å². The summed E-state index contributed by atoms with van der Waals surface area (Å²) in [6, 6.07) is 11.7. The van der Waals surface area contributed by atoms with Crippen molar-refractivity contribution >= 4 is 23.5 Å². The van der Waals surface area contributed by atoms with Crippen molar-refractivity contribution in [3.8, 4) is 5.75 Å². The van der Waals surface area contributed by atoms with Crippen molar-refractivity contribution < 1.29 is 28.2 Å². The van der Waals surface area contributed by atoms with Crippen LogP contribution in [0.3, 0.4) is 0 Å². The molecule has 2 aromatic carbocycles. The molecular formula is C22H25FN2O5. The smallest absolute Gasteiger partial charge is 0.326 e. The molecule has 1 atom stereocenters. The number of esters is 1. The molecular weight excluding hydrogens is 391 g/mol. The number of hydrogen-bond acceptors (Lipinski definition) is 5. The Morgan fingerprint density at radius 3 is 2.33 bits per heavy atom. The normalized spacial score (nSPS) is 11.3. The third-order valence-corrected chi connectivity index (χ3v) is 4.07. The van der Waals surface area contributed by atoms with Gasteiger partial charge < -0.3 is 20.1 Å². The fourth-order valence-corrected chi connectivity index (χ4v) is 2.36. The summed E-state index contributed by atoms with van der Waals surface area (Å²) >= 11 is 0. The summed E-state index contributed by atoms with van der Waals surface area (Å²) < 4.78 is 23.4. The predicted molar refractivity (Wildman–Crippen MR) is 110 cm³/mol. The van der Waals surface area contributed by atoms with Crippen LogP contribution in [0.15, 0.2) is 48.5 Å². The molecule has 2 rings (SSSR count). The SMILES string of the molecule is CCCCOc1ccc(C(=O)NCC(=O)O[C@H](C)C(=O)Nc2ccc(F)cc2)cc1. The molecule has 0 saturated carbocycles. The highest BCUT2D eigenvalue weighted by Gasteiger charge is 2.18. The first-order valence-electron chi connectivity index (χ1n) is 9.66. The molecule has 8 heteroatoms. The van der Waals surface area contributed by atoms with E-state index in [9.17, 15) is 18.8 Å². The number of hydrogen-bond donors (Lipinski definition) is 2. The molecule has 0 aromatic heterocycles. The topological polar surface area (TPSA) is 93.7 Å². The molecule has 0 bridgehead atoms. The number of nitrogens with one attached hydrogen (secondary N) is 2. The van der Waals surface area contributed by atoms with Gasteiger partial charge in [0.25, 0.3) is 11.8 Å². The summed E-state index contributed by atoms with van der Waals surface area (Å²) in [5.74, 6) is -1.54. The van der Waals surface area contributed by atoms with E-state index in [1.165, 1.54) is 31.2 Å². The minimum absolute atomic E-state index is 0.368. The molecule has 0 fully saturated rings. The second kappa shape index (κ2) is 11.5. The van der Waals surface area contributed by atoms with Crippen molar-refractivity contribution in [2.75, 3.05) is 18.5 Å². The van der Waals surface area contributed by atoms with E-state index in [2.05, 4.69) is 17.6 Å². The van der Waals surface area contributed by atoms with E-state index in [0.29, 0.717) is 23.6 Å². The van der Waals surface area contributed by atoms with Gasteiger partial charge in [-0.2, -0.15) is 0 Å². The Morgan fingerprint density at radius 1 is 1.03 bits per heavy atom. The molecule has 0 aliphatic heterocycles. The summed E-state index contributed by atoms with van der Waals surface area (Å²) in [6.45, 7) is 3.69. The van der Waals surface area contributed by atoms with E-state index >= 15 is 0 Å². The molecule has 0 unspecified atom stereocenters. The molecule has 0 heterocycles. The van der Waals surface area contributed by atoms with Crippen molar-refractivity contribution in [1.82, 2.24) is 5.32 Å². The first kappa shape index (κ1) is 22.9. The number of carbonyl (C=O) groups is 3. The molecule has 160 valence electrons. The van der Waals surface area contributed by atoms with E-state index in [4.69, 9.17) is 9.47 Å². The maximum Gasteiger partial charge on any atom is 0.326 e. The summed E-state index contributed by atoms with van der Waals surface area (Å²) in [6.07, 6.45) is 0.896. The number of ether oxygens (including phenoxy) is 2. The van der Waals surface area contributed by atoms with Crippen LogP contribution >= 0.6 is 0 Å². The summed E-state index contributed by atoms with van der Waals surface area (Å²) in [4.78, 5) is 36.1. The minimum Gasteiger partial charge on any atom is -0.494 e. The Hall–Kier alpha value is -3.42. The van der Waals surface area contributed by atoms with Gasteiger partial charge in [0.15, 0.2) is 6.10 Å². The summed E-state index contributed by atoms with van der Waals surface area (Å²) in [5, 5.41) is 4.95. The van der Waals surface area contributed by atoms with Crippen molar-refractivity contribution in [3.05, 3.63) is 59.9 Å². The first-order valence-corrected chi connectivity index (χ1v) is 9.66. The Balaban J connectivity index is 1.75. The van der Waals surface area contributed by atoms with Gasteiger partial charge in [-0.3, -0.25) is 14.4 Å². The Kier molecular flexibility index (Phi) is 8.80. The molecule has 0 aliphatic carbocycles. The van der Waals surface area contributed by atoms with Gasteiger partial charge in [0.2, 0.25) is 0 Å². The quantitative estimate of drug-likeness (QED) is 0.458. The van der Waals surface area contributed by atoms with Crippen molar-refractivity contribution in [2.24, 2.45) is 0 Å². The van der Waals surface area contributed by atoms with Gasteiger partial charge in [-0.25, -0.2) is 4.39 Å². The fraction of sp³-hybridized carbons (Fsp3) is 0.318. The predicted octanol–water partition coefficient (Wildman–Crippen LogP) is 3.30. The average Bonchev–Trinajstić information content (AvgIpc) is 2.74. The molecule has 30 heavy (non-hydrogen) atoms. The number of amides is 2. The van der Waals surface area contributed by atoms with Crippen LogP contribution in [-0.4, -0.2) is 37.0 Å². The number of unbranched alkanes of at least 4 members (excludes halogenated alkanes) is 1. The molecule has 0 saturated heterocycles. The zero-order valence-electron chi connectivity index (χ0n) is 16.9. The van der Waals surface area contributed by atoms with E-state index in [1.807, 2.05) is 0 Å². The van der Waals surface area contributed by atoms with Gasteiger partial charge in [-0.1, -0.05) is 13.3 Å². The van der Waals surface area contributed by atoms with E-state index in [-0.39, 0.29) is 6.54 Å². The second-order valence-corrected chi connectivity index (χ2v) is 6.54. The Bertz CT molecular complexity index is 853. The van der Waals surface area contributed by atoms with Crippen LogP contribution in [-0.2, 0) is 14.3 Å². The third kappa shape index (κ3) is 7.54. The molecule has 2 N–H and O–H groups in total.